The number of carbonyl (C=O) groups is 1. The van der Waals surface area contributed by atoms with Gasteiger partial charge in [-0.25, -0.2) is 0 Å². The van der Waals surface area contributed by atoms with Crippen LogP contribution in [0.1, 0.15) is 10.4 Å². The summed E-state index contributed by atoms with van der Waals surface area (Å²) in [7, 11) is -9.31. The molecule has 0 bridgehead atoms. The van der Waals surface area contributed by atoms with E-state index in [4.69, 9.17) is 9.11 Å². The SMILES string of the molecule is O=C(Nc1ccc(O)cc1S(=O)(=O)O)c1cc[c]c(S(=O)(=O)O)c1. The fraction of sp³-hybridized carbons (Fsp3) is 0. The first-order valence-electron chi connectivity index (χ1n) is 6.09. The van der Waals surface area contributed by atoms with Gasteiger partial charge in [-0.15, -0.1) is 0 Å². The van der Waals surface area contributed by atoms with Crippen molar-refractivity contribution in [2.75, 3.05) is 5.32 Å². The average molecular weight is 372 g/mol. The molecule has 11 heteroatoms. The molecule has 0 saturated heterocycles. The maximum Gasteiger partial charge on any atom is 0.296 e. The predicted molar refractivity (Wildman–Crippen MR) is 81.0 cm³/mol. The Morgan fingerprint density at radius 2 is 1.67 bits per heavy atom. The fourth-order valence-corrected chi connectivity index (χ4v) is 2.92. The fourth-order valence-electron chi connectivity index (χ4n) is 1.76. The van der Waals surface area contributed by atoms with Crippen molar-refractivity contribution in [3.8, 4) is 5.75 Å². The standard InChI is InChI=1S/C13H10NO8S2/c15-9-4-5-11(12(7-9)24(20,21)22)14-13(16)8-2-1-3-10(6-8)23(17,18)19/h1-2,4-7,15H,(H,14,16)(H,17,18,19)(H,20,21,22). The van der Waals surface area contributed by atoms with Crippen LogP contribution < -0.4 is 5.32 Å². The van der Waals surface area contributed by atoms with Crippen molar-refractivity contribution in [2.45, 2.75) is 9.79 Å². The van der Waals surface area contributed by atoms with E-state index in [1.54, 1.807) is 0 Å². The molecule has 0 fully saturated rings. The summed E-state index contributed by atoms with van der Waals surface area (Å²) in [6.45, 7) is 0. The van der Waals surface area contributed by atoms with Gasteiger partial charge in [-0.1, -0.05) is 6.07 Å². The number of rotatable bonds is 4. The van der Waals surface area contributed by atoms with Crippen LogP contribution in [0.4, 0.5) is 5.69 Å². The number of nitrogens with one attached hydrogen (secondary N) is 1. The molecule has 4 N–H and O–H groups in total. The van der Waals surface area contributed by atoms with Gasteiger partial charge in [0.25, 0.3) is 26.1 Å². The first-order chi connectivity index (χ1) is 11.0. The molecule has 24 heavy (non-hydrogen) atoms. The third kappa shape index (κ3) is 4.08. The molecule has 2 aromatic carbocycles. The third-order valence-corrected chi connectivity index (χ3v) is 4.49. The Kier molecular flexibility index (Phi) is 4.62. The van der Waals surface area contributed by atoms with Gasteiger partial charge in [0.2, 0.25) is 0 Å². The number of phenolic OH excluding ortho intramolecular Hbond substituents is 1. The van der Waals surface area contributed by atoms with Crippen LogP contribution in [-0.2, 0) is 20.2 Å². The second kappa shape index (κ2) is 6.20. The highest BCUT2D eigenvalue weighted by atomic mass is 32.2. The minimum atomic E-state index is -4.73. The van der Waals surface area contributed by atoms with Gasteiger partial charge in [0.15, 0.2) is 0 Å². The molecule has 2 aromatic rings. The molecule has 1 amide bonds. The molecule has 0 unspecified atom stereocenters. The largest absolute Gasteiger partial charge is 0.508 e. The second-order valence-electron chi connectivity index (χ2n) is 4.53. The lowest BCUT2D eigenvalue weighted by atomic mass is 10.2. The van der Waals surface area contributed by atoms with Gasteiger partial charge >= 0.3 is 0 Å². The summed E-state index contributed by atoms with van der Waals surface area (Å²) in [5.41, 5.74) is -0.544. The van der Waals surface area contributed by atoms with Crippen molar-refractivity contribution >= 4 is 31.8 Å². The van der Waals surface area contributed by atoms with Crippen molar-refractivity contribution in [1.82, 2.24) is 0 Å². The third-order valence-electron chi connectivity index (χ3n) is 2.81. The van der Waals surface area contributed by atoms with E-state index in [1.807, 2.05) is 0 Å². The van der Waals surface area contributed by atoms with Gasteiger partial charge in [-0.3, -0.25) is 13.9 Å². The van der Waals surface area contributed by atoms with Crippen molar-refractivity contribution in [2.24, 2.45) is 0 Å². The van der Waals surface area contributed by atoms with Crippen molar-refractivity contribution in [3.63, 3.8) is 0 Å². The van der Waals surface area contributed by atoms with Gasteiger partial charge in [0, 0.05) is 17.7 Å². The van der Waals surface area contributed by atoms with Gasteiger partial charge in [0.05, 0.1) is 5.69 Å². The quantitative estimate of drug-likeness (QED) is 0.456. The highest BCUT2D eigenvalue weighted by Gasteiger charge is 2.19. The van der Waals surface area contributed by atoms with Crippen molar-refractivity contribution < 1.29 is 35.8 Å². The Hall–Kier alpha value is -2.47. The van der Waals surface area contributed by atoms with Crippen LogP contribution in [0.25, 0.3) is 0 Å². The van der Waals surface area contributed by atoms with Crippen molar-refractivity contribution in [1.29, 1.82) is 0 Å². The summed E-state index contributed by atoms with van der Waals surface area (Å²) >= 11 is 0. The number of aromatic hydroxyl groups is 1. The van der Waals surface area contributed by atoms with Crippen LogP contribution in [0.5, 0.6) is 5.75 Å². The average Bonchev–Trinajstić information content (AvgIpc) is 2.47. The Labute approximate surface area is 137 Å². The summed E-state index contributed by atoms with van der Waals surface area (Å²) in [5, 5.41) is 11.5. The lowest BCUT2D eigenvalue weighted by Gasteiger charge is -2.10. The maximum atomic E-state index is 12.1. The minimum Gasteiger partial charge on any atom is -0.508 e. The molecule has 9 nitrogen and oxygen atoms in total. The molecular weight excluding hydrogens is 362 g/mol. The summed E-state index contributed by atoms with van der Waals surface area (Å²) in [6, 6.07) is 8.16. The molecule has 0 saturated carbocycles. The Morgan fingerprint density at radius 1 is 1.00 bits per heavy atom. The van der Waals surface area contributed by atoms with Gasteiger partial charge in [-0.05, 0) is 24.3 Å². The number of hydrogen-bond donors (Lipinski definition) is 4. The number of hydrogen-bond acceptors (Lipinski definition) is 6. The summed E-state index contributed by atoms with van der Waals surface area (Å²) in [6.07, 6.45) is 0. The molecule has 0 heterocycles. The Bertz CT molecular complexity index is 1010. The Balaban J connectivity index is 2.42. The van der Waals surface area contributed by atoms with Crippen LogP contribution in [-0.4, -0.2) is 37.0 Å². The lowest BCUT2D eigenvalue weighted by Crippen LogP contribution is -2.15. The van der Waals surface area contributed by atoms with E-state index in [1.165, 1.54) is 6.07 Å². The van der Waals surface area contributed by atoms with Crippen LogP contribution >= 0.6 is 0 Å². The molecule has 0 spiro atoms. The van der Waals surface area contributed by atoms with E-state index >= 15 is 0 Å². The highest BCUT2D eigenvalue weighted by Crippen LogP contribution is 2.26. The van der Waals surface area contributed by atoms with Crippen LogP contribution in [0, 0.1) is 6.07 Å². The van der Waals surface area contributed by atoms with E-state index in [0.717, 1.165) is 30.3 Å². The van der Waals surface area contributed by atoms with Gasteiger partial charge in [0.1, 0.15) is 15.5 Å². The lowest BCUT2D eigenvalue weighted by molar-refractivity contribution is 0.102. The maximum absolute atomic E-state index is 12.1. The molecule has 127 valence electrons. The zero-order valence-electron chi connectivity index (χ0n) is 11.7. The first kappa shape index (κ1) is 17.9. The normalized spacial score (nSPS) is 11.9. The topological polar surface area (TPSA) is 158 Å². The van der Waals surface area contributed by atoms with E-state index in [0.29, 0.717) is 0 Å². The molecular formula is C13H10NO8S2. The molecule has 1 radical (unpaired) electrons. The molecule has 0 aromatic heterocycles. The smallest absolute Gasteiger partial charge is 0.296 e. The molecule has 0 aliphatic rings. The second-order valence-corrected chi connectivity index (χ2v) is 7.31. The van der Waals surface area contributed by atoms with E-state index in [9.17, 15) is 26.7 Å². The molecule has 2 rings (SSSR count). The van der Waals surface area contributed by atoms with E-state index in [-0.39, 0.29) is 11.3 Å². The summed E-state index contributed by atoms with van der Waals surface area (Å²) in [4.78, 5) is 10.7. The van der Waals surface area contributed by atoms with Gasteiger partial charge in [-0.2, -0.15) is 16.8 Å². The minimum absolute atomic E-state index is 0.212. The van der Waals surface area contributed by atoms with Crippen LogP contribution in [0.15, 0.2) is 46.2 Å². The van der Waals surface area contributed by atoms with Gasteiger partial charge < -0.3 is 10.4 Å². The monoisotopic (exact) mass is 372 g/mol. The van der Waals surface area contributed by atoms with Crippen molar-refractivity contribution in [3.05, 3.63) is 48.0 Å². The zero-order valence-corrected chi connectivity index (χ0v) is 13.3. The summed E-state index contributed by atoms with van der Waals surface area (Å²) < 4.78 is 62.7. The number of benzene rings is 2. The van der Waals surface area contributed by atoms with Crippen LogP contribution in [0.2, 0.25) is 0 Å². The Morgan fingerprint density at radius 3 is 2.25 bits per heavy atom. The van der Waals surface area contributed by atoms with Crippen LogP contribution in [0.3, 0.4) is 0 Å². The summed E-state index contributed by atoms with van der Waals surface area (Å²) in [5.74, 6) is -1.37. The van der Waals surface area contributed by atoms with E-state index in [2.05, 4.69) is 11.4 Å². The number of anilines is 1. The number of amides is 1. The molecule has 0 aliphatic carbocycles. The highest BCUT2D eigenvalue weighted by molar-refractivity contribution is 7.86. The first-order valence-corrected chi connectivity index (χ1v) is 8.97. The predicted octanol–water partition coefficient (Wildman–Crippen LogP) is 0.938. The molecule has 0 aliphatic heterocycles. The number of phenols is 1. The zero-order chi connectivity index (χ0) is 18.1. The number of carbonyl (C=O) groups excluding carboxylic acids is 1. The molecule has 0 atom stereocenters. The van der Waals surface area contributed by atoms with E-state index < -0.39 is 41.7 Å².